The molecular formula is C13H19N3O4. The van der Waals surface area contributed by atoms with Crippen molar-refractivity contribution in [1.29, 1.82) is 0 Å². The van der Waals surface area contributed by atoms with E-state index in [1.807, 2.05) is 6.92 Å². The number of nitrogens with one attached hydrogen (secondary N) is 2. The molecule has 0 bridgehead atoms. The Labute approximate surface area is 117 Å². The van der Waals surface area contributed by atoms with Crippen molar-refractivity contribution in [2.75, 3.05) is 18.5 Å². The molecule has 0 radical (unpaired) electrons. The number of rotatable bonds is 6. The molecule has 1 aromatic carbocycles. The van der Waals surface area contributed by atoms with Gasteiger partial charge in [0, 0.05) is 19.2 Å². The molecular weight excluding hydrogens is 262 g/mol. The van der Waals surface area contributed by atoms with Crippen LogP contribution in [0.5, 0.6) is 0 Å². The number of carbonyl (C=O) groups is 1. The second kappa shape index (κ2) is 7.44. The lowest BCUT2D eigenvalue weighted by molar-refractivity contribution is -0.385. The first-order chi connectivity index (χ1) is 9.45. The van der Waals surface area contributed by atoms with Crippen LogP contribution in [0, 0.1) is 23.0 Å². The van der Waals surface area contributed by atoms with Crippen molar-refractivity contribution in [3.63, 3.8) is 0 Å². The van der Waals surface area contributed by atoms with Crippen LogP contribution in [0.1, 0.15) is 18.9 Å². The summed E-state index contributed by atoms with van der Waals surface area (Å²) in [4.78, 5) is 22.0. The molecule has 1 atom stereocenters. The van der Waals surface area contributed by atoms with Crippen molar-refractivity contribution in [3.05, 3.63) is 33.9 Å². The van der Waals surface area contributed by atoms with E-state index in [9.17, 15) is 14.9 Å². The molecule has 1 unspecified atom stereocenters. The van der Waals surface area contributed by atoms with Crippen molar-refractivity contribution in [3.8, 4) is 0 Å². The molecule has 110 valence electrons. The molecule has 0 aromatic heterocycles. The maximum absolute atomic E-state index is 11.7. The van der Waals surface area contributed by atoms with Crippen LogP contribution in [0.2, 0.25) is 0 Å². The summed E-state index contributed by atoms with van der Waals surface area (Å²) in [6, 6.07) is 4.11. The number of aliphatic hydroxyl groups excluding tert-OH is 1. The Kier molecular flexibility index (Phi) is 5.92. The lowest BCUT2D eigenvalue weighted by atomic mass is 10.1. The van der Waals surface area contributed by atoms with Crippen LogP contribution >= 0.6 is 0 Å². The monoisotopic (exact) mass is 281 g/mol. The Morgan fingerprint density at radius 1 is 1.50 bits per heavy atom. The van der Waals surface area contributed by atoms with E-state index in [0.29, 0.717) is 24.2 Å². The lowest BCUT2D eigenvalue weighted by Gasteiger charge is -2.13. The van der Waals surface area contributed by atoms with Crippen LogP contribution < -0.4 is 10.6 Å². The topological polar surface area (TPSA) is 104 Å². The second-order valence-corrected chi connectivity index (χ2v) is 4.66. The Bertz CT molecular complexity index is 491. The molecule has 1 rings (SSSR count). The minimum atomic E-state index is -0.484. The summed E-state index contributed by atoms with van der Waals surface area (Å²) in [5.74, 6) is 0.164. The molecule has 7 nitrogen and oxygen atoms in total. The van der Waals surface area contributed by atoms with E-state index in [-0.39, 0.29) is 18.2 Å². The highest BCUT2D eigenvalue weighted by Gasteiger charge is 2.14. The number of carbonyl (C=O) groups excluding carboxylic acids is 1. The maximum atomic E-state index is 11.7. The number of nitro benzene ring substituents is 1. The van der Waals surface area contributed by atoms with E-state index in [1.165, 1.54) is 12.1 Å². The summed E-state index contributed by atoms with van der Waals surface area (Å²) in [7, 11) is 0. The summed E-state index contributed by atoms with van der Waals surface area (Å²) >= 11 is 0. The average molecular weight is 281 g/mol. The van der Waals surface area contributed by atoms with Gasteiger partial charge >= 0.3 is 6.03 Å². The van der Waals surface area contributed by atoms with Crippen LogP contribution in [0.3, 0.4) is 0 Å². The fraction of sp³-hybridized carbons (Fsp3) is 0.462. The highest BCUT2D eigenvalue weighted by molar-refractivity contribution is 5.90. The van der Waals surface area contributed by atoms with Crippen molar-refractivity contribution in [2.24, 2.45) is 5.92 Å². The number of hydrogen-bond acceptors (Lipinski definition) is 4. The fourth-order valence-corrected chi connectivity index (χ4v) is 1.71. The molecule has 1 aromatic rings. The lowest BCUT2D eigenvalue weighted by Crippen LogP contribution is -2.32. The molecule has 0 spiro atoms. The quantitative estimate of drug-likeness (QED) is 0.548. The molecule has 20 heavy (non-hydrogen) atoms. The first kappa shape index (κ1) is 15.9. The van der Waals surface area contributed by atoms with Gasteiger partial charge in [-0.25, -0.2) is 4.79 Å². The van der Waals surface area contributed by atoms with Gasteiger partial charge in [0.05, 0.1) is 16.2 Å². The summed E-state index contributed by atoms with van der Waals surface area (Å²) < 4.78 is 0. The van der Waals surface area contributed by atoms with Gasteiger partial charge in [-0.3, -0.25) is 10.1 Å². The number of hydrogen-bond donors (Lipinski definition) is 3. The van der Waals surface area contributed by atoms with Gasteiger partial charge in [0.25, 0.3) is 5.69 Å². The summed E-state index contributed by atoms with van der Waals surface area (Å²) in [6.45, 7) is 4.01. The van der Waals surface area contributed by atoms with E-state index in [0.717, 1.165) is 0 Å². The Hall–Kier alpha value is -2.15. The zero-order valence-electron chi connectivity index (χ0n) is 11.5. The van der Waals surface area contributed by atoms with Crippen LogP contribution in [0.15, 0.2) is 18.2 Å². The summed E-state index contributed by atoms with van der Waals surface area (Å²) in [6.07, 6.45) is 0.607. The van der Waals surface area contributed by atoms with Gasteiger partial charge in [-0.1, -0.05) is 13.0 Å². The third-order valence-corrected chi connectivity index (χ3v) is 2.98. The van der Waals surface area contributed by atoms with Crippen LogP contribution in [0.25, 0.3) is 0 Å². The predicted molar refractivity (Wildman–Crippen MR) is 75.7 cm³/mol. The highest BCUT2D eigenvalue weighted by atomic mass is 16.6. The van der Waals surface area contributed by atoms with E-state index in [2.05, 4.69) is 10.6 Å². The molecule has 0 heterocycles. The van der Waals surface area contributed by atoms with E-state index < -0.39 is 11.0 Å². The Morgan fingerprint density at radius 3 is 2.80 bits per heavy atom. The van der Waals surface area contributed by atoms with Crippen molar-refractivity contribution in [2.45, 2.75) is 20.3 Å². The van der Waals surface area contributed by atoms with Gasteiger partial charge in [0.2, 0.25) is 0 Å². The number of benzene rings is 1. The second-order valence-electron chi connectivity index (χ2n) is 4.66. The number of urea groups is 1. The summed E-state index contributed by atoms with van der Waals surface area (Å²) in [5, 5.41) is 24.8. The van der Waals surface area contributed by atoms with Gasteiger partial charge in [0.1, 0.15) is 0 Å². The number of amides is 2. The van der Waals surface area contributed by atoms with Crippen molar-refractivity contribution < 1.29 is 14.8 Å². The van der Waals surface area contributed by atoms with Gasteiger partial charge < -0.3 is 15.7 Å². The first-order valence-corrected chi connectivity index (χ1v) is 6.35. The SMILES string of the molecule is Cc1c(NC(=O)NCC(C)CCO)cccc1[N+](=O)[O-]. The number of nitrogens with zero attached hydrogens (tertiary/aromatic N) is 1. The zero-order chi connectivity index (χ0) is 15.1. The molecule has 0 saturated heterocycles. The zero-order valence-corrected chi connectivity index (χ0v) is 11.5. The van der Waals surface area contributed by atoms with Gasteiger partial charge in [0.15, 0.2) is 0 Å². The third kappa shape index (κ3) is 4.51. The van der Waals surface area contributed by atoms with Crippen molar-refractivity contribution in [1.82, 2.24) is 5.32 Å². The number of nitro groups is 1. The molecule has 7 heteroatoms. The van der Waals surface area contributed by atoms with Gasteiger partial charge in [-0.05, 0) is 25.3 Å². The van der Waals surface area contributed by atoms with Gasteiger partial charge in [-0.15, -0.1) is 0 Å². The maximum Gasteiger partial charge on any atom is 0.319 e. The molecule has 0 aliphatic carbocycles. The normalized spacial score (nSPS) is 11.8. The predicted octanol–water partition coefficient (Wildman–Crippen LogP) is 2.04. The van der Waals surface area contributed by atoms with Gasteiger partial charge in [-0.2, -0.15) is 0 Å². The van der Waals surface area contributed by atoms with Crippen LogP contribution in [-0.4, -0.2) is 29.2 Å². The molecule has 0 saturated carbocycles. The van der Waals surface area contributed by atoms with E-state index in [4.69, 9.17) is 5.11 Å². The largest absolute Gasteiger partial charge is 0.396 e. The molecule has 3 N–H and O–H groups in total. The van der Waals surface area contributed by atoms with Crippen LogP contribution in [0.4, 0.5) is 16.2 Å². The number of anilines is 1. The standard InChI is InChI=1S/C13H19N3O4/c1-9(6-7-17)8-14-13(18)15-11-4-3-5-12(10(11)2)16(19)20/h3-5,9,17H,6-8H2,1-2H3,(H2,14,15,18). The van der Waals surface area contributed by atoms with E-state index in [1.54, 1.807) is 13.0 Å². The minimum Gasteiger partial charge on any atom is -0.396 e. The molecule has 0 fully saturated rings. The van der Waals surface area contributed by atoms with Crippen molar-refractivity contribution >= 4 is 17.4 Å². The molecule has 2 amide bonds. The first-order valence-electron chi connectivity index (χ1n) is 6.35. The van der Waals surface area contributed by atoms with E-state index >= 15 is 0 Å². The third-order valence-electron chi connectivity index (χ3n) is 2.98. The average Bonchev–Trinajstić information content (AvgIpc) is 2.39. The number of aliphatic hydroxyl groups is 1. The summed E-state index contributed by atoms with van der Waals surface area (Å²) in [5.41, 5.74) is 0.791. The molecule has 0 aliphatic rings. The van der Waals surface area contributed by atoms with Crippen LogP contribution in [-0.2, 0) is 0 Å². The Morgan fingerprint density at radius 2 is 2.20 bits per heavy atom. The molecule has 0 aliphatic heterocycles. The Balaban J connectivity index is 2.62. The highest BCUT2D eigenvalue weighted by Crippen LogP contribution is 2.24. The smallest absolute Gasteiger partial charge is 0.319 e. The fourth-order valence-electron chi connectivity index (χ4n) is 1.71. The minimum absolute atomic E-state index is 0.0311.